The molecule has 0 unspecified atom stereocenters. The van der Waals surface area contributed by atoms with Crippen LogP contribution in [0.15, 0.2) is 218 Å². The molecule has 0 amide bonds. The predicted octanol–water partition coefficient (Wildman–Crippen LogP) is 22.1. The molecule has 0 heterocycles. The van der Waals surface area contributed by atoms with Crippen molar-refractivity contribution in [1.82, 2.24) is 0 Å². The van der Waals surface area contributed by atoms with Gasteiger partial charge in [0.2, 0.25) is 0 Å². The van der Waals surface area contributed by atoms with Gasteiger partial charge in [0, 0.05) is 16.7 Å². The Hall–Kier alpha value is -7.56. The Kier molecular flexibility index (Phi) is 23.0. The molecule has 0 radical (unpaired) electrons. The highest BCUT2D eigenvalue weighted by Crippen LogP contribution is 2.32. The Morgan fingerprint density at radius 1 is 0.390 bits per heavy atom. The maximum atomic E-state index is 14.1. The van der Waals surface area contributed by atoms with Crippen molar-refractivity contribution in [3.63, 3.8) is 0 Å². The minimum Gasteiger partial charge on any atom is -0.497 e. The summed E-state index contributed by atoms with van der Waals surface area (Å²) in [6, 6.07) is 72.4. The van der Waals surface area contributed by atoms with Crippen molar-refractivity contribution in [1.29, 1.82) is 0 Å². The lowest BCUT2D eigenvalue weighted by atomic mass is 9.85. The smallest absolute Gasteiger partial charge is 0.193 e. The van der Waals surface area contributed by atoms with Gasteiger partial charge in [-0.15, -0.1) is 0 Å². The van der Waals surface area contributed by atoms with Crippen LogP contribution in [0, 0.1) is 11.7 Å². The molecule has 9 rings (SSSR count). The summed E-state index contributed by atoms with van der Waals surface area (Å²) in [5.74, 6) is 3.36. The Labute approximate surface area is 494 Å². The van der Waals surface area contributed by atoms with Crippen LogP contribution < -0.4 is 9.47 Å². The summed E-state index contributed by atoms with van der Waals surface area (Å²) in [6.07, 6.45) is 1.18. The second kappa shape index (κ2) is 28.9. The predicted molar refractivity (Wildman–Crippen MR) is 350 cm³/mol. The van der Waals surface area contributed by atoms with Gasteiger partial charge < -0.3 is 9.47 Å². The Morgan fingerprint density at radius 2 is 0.817 bits per heavy atom. The van der Waals surface area contributed by atoms with Crippen molar-refractivity contribution in [2.45, 2.75) is 151 Å². The summed E-state index contributed by atoms with van der Waals surface area (Å²) in [4.78, 5) is 12.3. The van der Waals surface area contributed by atoms with Gasteiger partial charge in [0.25, 0.3) is 0 Å². The van der Waals surface area contributed by atoms with E-state index >= 15 is 0 Å². The molecule has 0 bridgehead atoms. The zero-order valence-electron chi connectivity index (χ0n) is 52.7. The first-order chi connectivity index (χ1) is 38.4. The van der Waals surface area contributed by atoms with Gasteiger partial charge in [0.05, 0.1) is 7.11 Å². The number of para-hydroxylation sites is 1. The maximum Gasteiger partial charge on any atom is 0.193 e. The van der Waals surface area contributed by atoms with E-state index < -0.39 is 0 Å². The number of benzene rings is 9. The van der Waals surface area contributed by atoms with Gasteiger partial charge in [0.1, 0.15) is 23.1 Å². The SMILES string of the molecule is CC(C)(C)c1ccc(-c2ccccc2)c(F)c1.CC(C)(C)c1cccc(C(=O)c2ccccc2)c1.CC(C)(C)c1cccc(Oc2ccccc2)c1.CC(C)Cc1ccc(C(C)(C)C)cc1.COc1ccc2cc(C(C)(C)C)ccc2c1. The maximum absolute atomic E-state index is 14.1. The zero-order chi connectivity index (χ0) is 60.5. The molecular formula is C78H93FO3. The van der Waals surface area contributed by atoms with Crippen LogP contribution in [0.2, 0.25) is 0 Å². The number of halogens is 1. The molecule has 430 valence electrons. The summed E-state index contributed by atoms with van der Waals surface area (Å²) in [7, 11) is 1.70. The van der Waals surface area contributed by atoms with Gasteiger partial charge in [-0.25, -0.2) is 4.39 Å². The number of carbonyl (C=O) groups excluding carboxylic acids is 1. The average Bonchev–Trinajstić information content (AvgIpc) is 3.54. The van der Waals surface area contributed by atoms with E-state index in [0.717, 1.165) is 45.4 Å². The monoisotopic (exact) mass is 1100 g/mol. The number of rotatable bonds is 8. The fraction of sp³-hybridized carbons (Fsp3) is 0.321. The Balaban J connectivity index is 0.000000188. The Bertz CT molecular complexity index is 3380. The molecule has 0 atom stereocenters. The minimum absolute atomic E-state index is 0.0178. The normalized spacial score (nSPS) is 11.6. The second-order valence-corrected chi connectivity index (χ2v) is 26.8. The number of ether oxygens (including phenoxy) is 2. The number of fused-ring (bicyclic) bond motifs is 1. The highest BCUT2D eigenvalue weighted by molar-refractivity contribution is 6.09. The number of ketones is 1. The van der Waals surface area contributed by atoms with Crippen molar-refractivity contribution in [2.24, 2.45) is 5.92 Å². The average molecular weight is 1100 g/mol. The molecule has 82 heavy (non-hydrogen) atoms. The number of carbonyl (C=O) groups is 1. The third kappa shape index (κ3) is 20.8. The highest BCUT2D eigenvalue weighted by atomic mass is 19.1. The van der Waals surface area contributed by atoms with Gasteiger partial charge in [-0.2, -0.15) is 0 Å². The van der Waals surface area contributed by atoms with Crippen LogP contribution in [-0.4, -0.2) is 12.9 Å². The summed E-state index contributed by atoms with van der Waals surface area (Å²) in [5, 5.41) is 2.50. The van der Waals surface area contributed by atoms with Crippen LogP contribution in [-0.2, 0) is 33.5 Å². The molecule has 0 aliphatic heterocycles. The first kappa shape index (κ1) is 65.3. The number of hydrogen-bond acceptors (Lipinski definition) is 3. The number of methoxy groups -OCH3 is 1. The summed E-state index contributed by atoms with van der Waals surface area (Å²) in [5.41, 5.74) is 11.5. The van der Waals surface area contributed by atoms with E-state index in [9.17, 15) is 9.18 Å². The molecule has 9 aromatic carbocycles. The second-order valence-electron chi connectivity index (χ2n) is 26.8. The van der Waals surface area contributed by atoms with Crippen LogP contribution in [0.1, 0.15) is 167 Å². The van der Waals surface area contributed by atoms with Gasteiger partial charge >= 0.3 is 0 Å². The molecule has 0 aromatic heterocycles. The molecule has 0 fully saturated rings. The number of hydrogen-bond donors (Lipinski definition) is 0. The summed E-state index contributed by atoms with van der Waals surface area (Å²) >= 11 is 0. The molecule has 9 aromatic rings. The van der Waals surface area contributed by atoms with E-state index in [1.807, 2.05) is 140 Å². The van der Waals surface area contributed by atoms with Crippen molar-refractivity contribution >= 4 is 16.6 Å². The van der Waals surface area contributed by atoms with Crippen LogP contribution in [0.3, 0.4) is 0 Å². The van der Waals surface area contributed by atoms with Gasteiger partial charge in [-0.3, -0.25) is 4.79 Å². The van der Waals surface area contributed by atoms with Crippen LogP contribution in [0.4, 0.5) is 4.39 Å². The molecule has 3 nitrogen and oxygen atoms in total. The van der Waals surface area contributed by atoms with E-state index in [-0.39, 0.29) is 38.7 Å². The largest absolute Gasteiger partial charge is 0.497 e. The third-order valence-corrected chi connectivity index (χ3v) is 14.0. The molecule has 0 saturated heterocycles. The standard InChI is InChI=1S/C17H18O.C16H17F.C16H18O.C15H18O.C14H22/c1-17(2,3)15-11-7-10-14(12-15)16(18)13-8-5-4-6-9-13;1-16(2,3)13-9-10-14(15(17)11-13)12-7-5-4-6-8-12;1-16(2,3)13-8-7-11-15(12-13)17-14-9-5-4-6-10-14;1-15(2,3)13-7-5-12-10-14(16-4)8-6-11(12)9-13;1-11(2)10-12-6-8-13(9-7-12)14(3,4)5/h4-12H,1-3H3;4-11H,1-3H3;4-12H,1-3H3;5-10H,1-4H3;6-9,11H,10H2,1-5H3. The molecule has 0 spiro atoms. The quantitative estimate of drug-likeness (QED) is 0.142. The van der Waals surface area contributed by atoms with E-state index in [1.54, 1.807) is 13.2 Å². The summed E-state index contributed by atoms with van der Waals surface area (Å²) in [6.45, 7) is 37.3. The molecule has 0 saturated carbocycles. The fourth-order valence-electron chi connectivity index (χ4n) is 8.80. The first-order valence-corrected chi connectivity index (χ1v) is 29.0. The van der Waals surface area contributed by atoms with Crippen LogP contribution >= 0.6 is 0 Å². The van der Waals surface area contributed by atoms with E-state index in [4.69, 9.17) is 9.47 Å². The van der Waals surface area contributed by atoms with E-state index in [1.165, 1.54) is 45.0 Å². The lowest BCUT2D eigenvalue weighted by Gasteiger charge is -2.19. The zero-order valence-corrected chi connectivity index (χ0v) is 52.7. The molecule has 0 N–H and O–H groups in total. The molecule has 4 heteroatoms. The highest BCUT2D eigenvalue weighted by Gasteiger charge is 2.19. The van der Waals surface area contributed by atoms with Gasteiger partial charge in [0.15, 0.2) is 5.78 Å². The van der Waals surface area contributed by atoms with Crippen LogP contribution in [0.25, 0.3) is 21.9 Å². The topological polar surface area (TPSA) is 35.5 Å². The lowest BCUT2D eigenvalue weighted by Crippen LogP contribution is -2.12. The third-order valence-electron chi connectivity index (χ3n) is 14.0. The van der Waals surface area contributed by atoms with Gasteiger partial charge in [-0.05, 0) is 138 Å². The van der Waals surface area contributed by atoms with E-state index in [0.29, 0.717) is 5.56 Å². The van der Waals surface area contributed by atoms with Crippen molar-refractivity contribution in [3.05, 3.63) is 269 Å². The fourth-order valence-corrected chi connectivity index (χ4v) is 8.80. The van der Waals surface area contributed by atoms with Crippen LogP contribution in [0.5, 0.6) is 17.2 Å². The van der Waals surface area contributed by atoms with Crippen molar-refractivity contribution < 1.29 is 18.7 Å². The minimum atomic E-state index is -0.149. The van der Waals surface area contributed by atoms with Crippen molar-refractivity contribution in [3.8, 4) is 28.4 Å². The molecule has 0 aliphatic carbocycles. The lowest BCUT2D eigenvalue weighted by molar-refractivity contribution is 0.103. The van der Waals surface area contributed by atoms with Crippen molar-refractivity contribution in [2.75, 3.05) is 7.11 Å². The Morgan fingerprint density at radius 3 is 1.34 bits per heavy atom. The molecule has 0 aliphatic rings. The first-order valence-electron chi connectivity index (χ1n) is 29.0. The summed E-state index contributed by atoms with van der Waals surface area (Å²) < 4.78 is 25.1. The van der Waals surface area contributed by atoms with Gasteiger partial charge in [-0.1, -0.05) is 288 Å². The molecular weight excluding hydrogens is 1000 g/mol. The van der Waals surface area contributed by atoms with E-state index in [2.05, 4.69) is 190 Å².